The van der Waals surface area contributed by atoms with Gasteiger partial charge in [0, 0.05) is 34.5 Å². The van der Waals surface area contributed by atoms with Crippen LogP contribution in [0.2, 0.25) is 0 Å². The van der Waals surface area contributed by atoms with E-state index in [4.69, 9.17) is 29.9 Å². The Labute approximate surface area is 207 Å². The van der Waals surface area contributed by atoms with Gasteiger partial charge in [-0.1, -0.05) is 20.8 Å². The van der Waals surface area contributed by atoms with Crippen LogP contribution in [0.3, 0.4) is 0 Å². The molecular weight excluding hydrogens is 462 g/mol. The van der Waals surface area contributed by atoms with Crippen molar-refractivity contribution in [1.82, 2.24) is 14.5 Å². The van der Waals surface area contributed by atoms with Gasteiger partial charge in [-0.3, -0.25) is 4.57 Å². The first kappa shape index (κ1) is 21.7. The molecule has 35 heavy (non-hydrogen) atoms. The average molecular weight is 488 g/mol. The summed E-state index contributed by atoms with van der Waals surface area (Å²) in [6.45, 7) is 7.29. The van der Waals surface area contributed by atoms with Crippen molar-refractivity contribution in [3.63, 3.8) is 0 Å². The molecule has 8 nitrogen and oxygen atoms in total. The van der Waals surface area contributed by atoms with Crippen molar-refractivity contribution in [3.05, 3.63) is 71.6 Å². The number of amidine groups is 1. The van der Waals surface area contributed by atoms with E-state index in [2.05, 4.69) is 31.8 Å². The summed E-state index contributed by atoms with van der Waals surface area (Å²) in [5.74, 6) is 2.19. The first-order valence-corrected chi connectivity index (χ1v) is 12.2. The number of imidazole rings is 1. The molecule has 1 spiro atoms. The maximum absolute atomic E-state index is 6.30. The van der Waals surface area contributed by atoms with E-state index in [1.165, 1.54) is 0 Å². The molecule has 0 amide bonds. The van der Waals surface area contributed by atoms with Crippen LogP contribution in [0, 0.1) is 5.41 Å². The maximum atomic E-state index is 6.30. The highest BCUT2D eigenvalue weighted by molar-refractivity contribution is 7.12. The Kier molecular flexibility index (Phi) is 4.86. The van der Waals surface area contributed by atoms with Gasteiger partial charge in [-0.15, -0.1) is 11.3 Å². The molecule has 0 radical (unpaired) electrons. The maximum Gasteiger partial charge on any atom is 0.283 e. The zero-order valence-electron chi connectivity index (χ0n) is 19.7. The molecule has 2 aromatic heterocycles. The Bertz CT molecular complexity index is 1440. The standard InChI is InChI=1S/C26H25N5O3S/c1-25(2,3)13-32-17-5-7-22-19(11-17)26(14-33-23(27)30-26)18-10-16(4-6-21(18)34-22)20-12-35-24(29-20)31-9-8-28-15-31/h4-12,15H,13-14H2,1-3H3,(H2,27,30)/t26-/m0/s1. The Morgan fingerprint density at radius 1 is 1.14 bits per heavy atom. The molecule has 6 rings (SSSR count). The predicted octanol–water partition coefficient (Wildman–Crippen LogP) is 5.11. The molecule has 1 atom stereocenters. The van der Waals surface area contributed by atoms with E-state index in [0.29, 0.717) is 12.4 Å². The fraction of sp³-hybridized carbons (Fsp3) is 0.269. The Morgan fingerprint density at radius 3 is 2.66 bits per heavy atom. The first-order valence-electron chi connectivity index (χ1n) is 11.3. The lowest BCUT2D eigenvalue weighted by Gasteiger charge is -2.34. The quantitative estimate of drug-likeness (QED) is 0.429. The summed E-state index contributed by atoms with van der Waals surface area (Å²) in [5, 5.41) is 2.88. The van der Waals surface area contributed by atoms with Gasteiger partial charge in [0.2, 0.25) is 0 Å². The smallest absolute Gasteiger partial charge is 0.283 e. The second-order valence-corrected chi connectivity index (χ2v) is 10.7. The van der Waals surface area contributed by atoms with Crippen LogP contribution < -0.4 is 15.2 Å². The van der Waals surface area contributed by atoms with Crippen LogP contribution in [0.4, 0.5) is 0 Å². The lowest BCUT2D eigenvalue weighted by Crippen LogP contribution is -2.31. The zero-order chi connectivity index (χ0) is 24.2. The summed E-state index contributed by atoms with van der Waals surface area (Å²) in [6, 6.07) is 12.0. The van der Waals surface area contributed by atoms with E-state index < -0.39 is 5.54 Å². The van der Waals surface area contributed by atoms with Crippen LogP contribution in [0.5, 0.6) is 17.2 Å². The number of ether oxygens (including phenoxy) is 3. The number of nitrogens with zero attached hydrogens (tertiary/aromatic N) is 4. The second kappa shape index (κ2) is 7.84. The molecule has 2 aliphatic rings. The number of hydrogen-bond donors (Lipinski definition) is 1. The van der Waals surface area contributed by atoms with Crippen LogP contribution >= 0.6 is 11.3 Å². The van der Waals surface area contributed by atoms with Crippen molar-refractivity contribution in [2.45, 2.75) is 26.3 Å². The number of thiazole rings is 1. The molecule has 2 aliphatic heterocycles. The molecule has 0 aliphatic carbocycles. The third kappa shape index (κ3) is 3.81. The zero-order valence-corrected chi connectivity index (χ0v) is 20.5. The third-order valence-corrected chi connectivity index (χ3v) is 6.81. The minimum absolute atomic E-state index is 0.0355. The number of fused-ring (bicyclic) bond motifs is 4. The molecule has 0 saturated carbocycles. The van der Waals surface area contributed by atoms with E-state index >= 15 is 0 Å². The molecule has 4 aromatic rings. The third-order valence-electron chi connectivity index (χ3n) is 5.96. The summed E-state index contributed by atoms with van der Waals surface area (Å²) in [4.78, 5) is 13.7. The highest BCUT2D eigenvalue weighted by Gasteiger charge is 2.47. The highest BCUT2D eigenvalue weighted by atomic mass is 32.1. The van der Waals surface area contributed by atoms with Gasteiger partial charge in [-0.05, 0) is 41.8 Å². The van der Waals surface area contributed by atoms with E-state index in [0.717, 1.165) is 39.0 Å². The van der Waals surface area contributed by atoms with Crippen molar-refractivity contribution in [2.24, 2.45) is 16.1 Å². The van der Waals surface area contributed by atoms with Crippen molar-refractivity contribution >= 4 is 17.4 Å². The molecule has 0 bridgehead atoms. The van der Waals surface area contributed by atoms with Gasteiger partial charge >= 0.3 is 0 Å². The monoisotopic (exact) mass is 487 g/mol. The SMILES string of the molecule is CC(C)(C)COc1ccc2c(c1)[C@]1(COC(N)=N1)c1cc(-c3csc(-n4ccnc4)n3)ccc1O2. The average Bonchev–Trinajstić information content (AvgIpc) is 3.59. The van der Waals surface area contributed by atoms with Crippen LogP contribution in [0.15, 0.2) is 65.5 Å². The van der Waals surface area contributed by atoms with Gasteiger partial charge in [0.25, 0.3) is 6.02 Å². The lowest BCUT2D eigenvalue weighted by atomic mass is 9.80. The van der Waals surface area contributed by atoms with E-state index in [9.17, 15) is 0 Å². The fourth-order valence-electron chi connectivity index (χ4n) is 4.27. The number of hydrogen-bond acceptors (Lipinski definition) is 8. The number of aromatic nitrogens is 3. The Morgan fingerprint density at radius 2 is 1.94 bits per heavy atom. The molecule has 0 fully saturated rings. The van der Waals surface area contributed by atoms with Crippen LogP contribution in [0.1, 0.15) is 31.9 Å². The molecular formula is C26H25N5O3S. The Balaban J connectivity index is 1.43. The summed E-state index contributed by atoms with van der Waals surface area (Å²) in [7, 11) is 0. The van der Waals surface area contributed by atoms with Gasteiger partial charge in [0.1, 0.15) is 30.2 Å². The van der Waals surface area contributed by atoms with Crippen LogP contribution in [-0.4, -0.2) is 33.8 Å². The summed E-state index contributed by atoms with van der Waals surface area (Å²) >= 11 is 1.55. The van der Waals surface area contributed by atoms with Gasteiger partial charge in [-0.2, -0.15) is 0 Å². The lowest BCUT2D eigenvalue weighted by molar-refractivity contribution is 0.197. The fourth-order valence-corrected chi connectivity index (χ4v) is 5.06. The number of benzene rings is 2. The molecule has 178 valence electrons. The van der Waals surface area contributed by atoms with Crippen molar-refractivity contribution in [1.29, 1.82) is 0 Å². The Hall–Kier alpha value is -3.85. The number of nitrogens with two attached hydrogens (primary N) is 1. The summed E-state index contributed by atoms with van der Waals surface area (Å²) in [5.41, 5.74) is 8.83. The van der Waals surface area contributed by atoms with Crippen molar-refractivity contribution in [3.8, 4) is 33.6 Å². The minimum Gasteiger partial charge on any atom is -0.493 e. The van der Waals surface area contributed by atoms with Crippen molar-refractivity contribution < 1.29 is 14.2 Å². The van der Waals surface area contributed by atoms with Gasteiger partial charge in [-0.25, -0.2) is 15.0 Å². The number of aliphatic imine (C=N–C) groups is 1. The molecule has 2 N–H and O–H groups in total. The predicted molar refractivity (Wildman–Crippen MR) is 134 cm³/mol. The van der Waals surface area contributed by atoms with E-state index in [1.54, 1.807) is 23.9 Å². The van der Waals surface area contributed by atoms with Crippen LogP contribution in [0.25, 0.3) is 16.4 Å². The van der Waals surface area contributed by atoms with E-state index in [-0.39, 0.29) is 18.0 Å². The first-order chi connectivity index (χ1) is 16.8. The topological polar surface area (TPSA) is 96.8 Å². The van der Waals surface area contributed by atoms with Gasteiger partial charge < -0.3 is 19.9 Å². The van der Waals surface area contributed by atoms with Crippen LogP contribution in [-0.2, 0) is 10.3 Å². The molecule has 9 heteroatoms. The molecule has 4 heterocycles. The summed E-state index contributed by atoms with van der Waals surface area (Å²) < 4.78 is 20.0. The summed E-state index contributed by atoms with van der Waals surface area (Å²) in [6.07, 6.45) is 5.35. The normalized spacial score (nSPS) is 18.4. The van der Waals surface area contributed by atoms with Gasteiger partial charge in [0.05, 0.1) is 12.3 Å². The molecule has 0 saturated heterocycles. The van der Waals surface area contributed by atoms with Gasteiger partial charge in [0.15, 0.2) is 10.7 Å². The minimum atomic E-state index is -0.826. The number of rotatable bonds is 4. The molecule has 2 aromatic carbocycles. The molecule has 0 unspecified atom stereocenters. The largest absolute Gasteiger partial charge is 0.493 e. The highest BCUT2D eigenvalue weighted by Crippen LogP contribution is 2.52. The second-order valence-electron chi connectivity index (χ2n) is 9.90. The van der Waals surface area contributed by atoms with E-state index in [1.807, 2.05) is 46.5 Å². The van der Waals surface area contributed by atoms with Crippen molar-refractivity contribution in [2.75, 3.05) is 13.2 Å².